The number of rotatable bonds is 16. The molecule has 17 heteroatoms. The smallest absolute Gasteiger partial charge is 0.149 e. The first-order valence-corrected chi connectivity index (χ1v) is 43.0. The van der Waals surface area contributed by atoms with Crippen molar-refractivity contribution in [1.29, 1.82) is 0 Å². The maximum atomic E-state index is 14.6. The van der Waals surface area contributed by atoms with Crippen molar-refractivity contribution < 1.29 is 48.3 Å². The number of benzene rings is 8. The number of nitrogens with zero attached hydrogens (tertiary/aromatic N) is 6. The lowest BCUT2D eigenvalue weighted by atomic mass is 9.75. The molecule has 0 aromatic heterocycles. The zero-order valence-corrected chi connectivity index (χ0v) is 71.3. The van der Waals surface area contributed by atoms with Crippen molar-refractivity contribution in [3.63, 3.8) is 0 Å². The second kappa shape index (κ2) is 41.0. The SMILES string of the molecule is CC(C)c1cc(F)c(N2CCC(C(C)(C)C)CC2)c(F)c1.CC(C)c1cc(F)c(N2CCC(CCCc3ccccc3)CC2)c(F)c1.CC(C)c1cc(F)c(N2CCC(c3ccccc3)CC2)c(F)c1.CC(C)c1cc(F)c(N2CCC3(CCCC3)CC2)c(F)c1.Cc1cc(C(C)C)cc(F)c1N1CCN(c2c(F)cccc2F)CC1. The Morgan fingerprint density at radius 3 is 0.983 bits per heavy atom. The molecule has 6 fully saturated rings. The van der Waals surface area contributed by atoms with Crippen molar-refractivity contribution >= 4 is 34.1 Å². The van der Waals surface area contributed by atoms with Gasteiger partial charge in [-0.05, 0) is 260 Å². The minimum absolute atomic E-state index is 0.00880. The predicted octanol–water partition coefficient (Wildman–Crippen LogP) is 27.3. The van der Waals surface area contributed by atoms with E-state index in [4.69, 9.17) is 0 Å². The first kappa shape index (κ1) is 90.1. The van der Waals surface area contributed by atoms with Gasteiger partial charge in [0.25, 0.3) is 0 Å². The average Bonchev–Trinajstić information content (AvgIpc) is 1.19. The fraction of sp³-hybridized carbons (Fsp3) is 0.515. The van der Waals surface area contributed by atoms with E-state index in [1.165, 1.54) is 116 Å². The van der Waals surface area contributed by atoms with Crippen molar-refractivity contribution in [3.05, 3.63) is 248 Å². The molecule has 6 nitrogen and oxygen atoms in total. The van der Waals surface area contributed by atoms with Gasteiger partial charge < -0.3 is 29.4 Å². The molecule has 0 radical (unpaired) electrons. The predicted molar refractivity (Wildman–Crippen MR) is 459 cm³/mol. The molecule has 0 amide bonds. The summed E-state index contributed by atoms with van der Waals surface area (Å²) in [5, 5.41) is 0. The van der Waals surface area contributed by atoms with Crippen LogP contribution in [-0.4, -0.2) is 78.5 Å². The van der Waals surface area contributed by atoms with Gasteiger partial charge in [-0.2, -0.15) is 0 Å². The Balaban J connectivity index is 0.000000153. The van der Waals surface area contributed by atoms with Gasteiger partial charge in [-0.3, -0.25) is 0 Å². The number of hydrogen-bond acceptors (Lipinski definition) is 6. The Labute approximate surface area is 686 Å². The van der Waals surface area contributed by atoms with Crippen molar-refractivity contribution in [2.24, 2.45) is 22.7 Å². The molecule has 1 aliphatic carbocycles. The number of piperazine rings is 1. The van der Waals surface area contributed by atoms with Crippen LogP contribution in [0.4, 0.5) is 82.4 Å². The van der Waals surface area contributed by atoms with Crippen LogP contribution < -0.4 is 29.4 Å². The van der Waals surface area contributed by atoms with Crippen LogP contribution in [-0.2, 0) is 6.42 Å². The van der Waals surface area contributed by atoms with Gasteiger partial charge in [0.05, 0.1) is 5.69 Å². The van der Waals surface area contributed by atoms with E-state index in [2.05, 4.69) is 57.2 Å². The molecule has 14 rings (SSSR count). The second-order valence-corrected chi connectivity index (χ2v) is 36.1. The Kier molecular flexibility index (Phi) is 31.8. The number of aryl methyl sites for hydroxylation is 2. The lowest BCUT2D eigenvalue weighted by Gasteiger charge is -2.40. The molecular formula is C99H127F11N6. The first-order chi connectivity index (χ1) is 55.2. The molecule has 0 N–H and O–H groups in total. The highest BCUT2D eigenvalue weighted by Crippen LogP contribution is 2.48. The van der Waals surface area contributed by atoms with E-state index in [0.717, 1.165) is 125 Å². The van der Waals surface area contributed by atoms with Gasteiger partial charge in [0.15, 0.2) is 0 Å². The van der Waals surface area contributed by atoms with Crippen molar-refractivity contribution in [2.75, 3.05) is 108 Å². The van der Waals surface area contributed by atoms with Gasteiger partial charge in [0, 0.05) is 78.5 Å². The topological polar surface area (TPSA) is 19.4 Å². The summed E-state index contributed by atoms with van der Waals surface area (Å²) in [6.45, 7) is 36.1. The number of halogens is 11. The fourth-order valence-electron chi connectivity index (χ4n) is 18.0. The van der Waals surface area contributed by atoms with Crippen LogP contribution in [0.15, 0.2) is 140 Å². The summed E-state index contributed by atoms with van der Waals surface area (Å²) in [5.41, 5.74) is 9.47. The molecule has 0 atom stereocenters. The number of anilines is 6. The Bertz CT molecular complexity index is 4300. The monoisotopic (exact) mass is 1610 g/mol. The van der Waals surface area contributed by atoms with Crippen LogP contribution in [0.5, 0.6) is 0 Å². The zero-order valence-electron chi connectivity index (χ0n) is 71.3. The molecule has 630 valence electrons. The molecule has 0 bridgehead atoms. The molecular weight excluding hydrogens is 1480 g/mol. The van der Waals surface area contributed by atoms with E-state index in [9.17, 15) is 48.3 Å². The maximum absolute atomic E-state index is 14.6. The van der Waals surface area contributed by atoms with E-state index in [0.29, 0.717) is 73.7 Å². The van der Waals surface area contributed by atoms with E-state index in [-0.39, 0.29) is 69.3 Å². The van der Waals surface area contributed by atoms with Crippen molar-refractivity contribution in [2.45, 2.75) is 229 Å². The average molecular weight is 1610 g/mol. The molecule has 1 saturated carbocycles. The van der Waals surface area contributed by atoms with Crippen LogP contribution in [0, 0.1) is 93.6 Å². The number of para-hydroxylation sites is 1. The maximum Gasteiger partial charge on any atom is 0.149 e. The quantitative estimate of drug-likeness (QED) is 0.0892. The van der Waals surface area contributed by atoms with Crippen molar-refractivity contribution in [3.8, 4) is 0 Å². The molecule has 116 heavy (non-hydrogen) atoms. The van der Waals surface area contributed by atoms with Gasteiger partial charge in [-0.25, -0.2) is 48.3 Å². The first-order valence-electron chi connectivity index (χ1n) is 43.0. The highest BCUT2D eigenvalue weighted by Gasteiger charge is 2.39. The molecule has 6 aliphatic rings. The Morgan fingerprint density at radius 1 is 0.328 bits per heavy atom. The summed E-state index contributed by atoms with van der Waals surface area (Å²) >= 11 is 0. The minimum Gasteiger partial charge on any atom is -0.367 e. The minimum atomic E-state index is -0.558. The van der Waals surface area contributed by atoms with Crippen LogP contribution >= 0.6 is 0 Å². The summed E-state index contributed by atoms with van der Waals surface area (Å²) < 4.78 is 158. The molecule has 1 spiro atoms. The highest BCUT2D eigenvalue weighted by atomic mass is 19.2. The number of hydrogen-bond donors (Lipinski definition) is 0. The third-order valence-electron chi connectivity index (χ3n) is 25.4. The summed E-state index contributed by atoms with van der Waals surface area (Å²) in [5.74, 6) is -2.15. The van der Waals surface area contributed by atoms with Crippen LogP contribution in [0.2, 0.25) is 0 Å². The fourth-order valence-corrected chi connectivity index (χ4v) is 18.0. The van der Waals surface area contributed by atoms with Gasteiger partial charge in [-0.1, -0.05) is 176 Å². The second-order valence-electron chi connectivity index (χ2n) is 36.1. The standard InChI is InChI=1S/C23H29F2N.C20H23F3N2.C20H23F2N.C18H25F2N.C18H27F2N/c1-17(2)20-15-21(24)23(22(25)16-20)26-13-11-19(12-14-26)10-6-9-18-7-4-3-5-8-18;1-13(2)15-11-14(3)19(18(23)12-15)24-7-9-25(10-8-24)20-16(21)5-4-6-17(20)22;1-14(2)17-12-18(21)20(19(22)13-17)23-10-8-16(9-11-23)15-6-4-3-5-7-15;1-13(2)14-11-15(19)17(16(20)12-14)21-9-7-18(8-10-21)5-3-4-6-18;1-12(2)13-10-15(19)17(16(20)11-13)21-8-6-14(7-9-21)18(3,4)5/h3-5,7-8,15-17,19H,6,9-14H2,1-2H3;4-6,11-13H,7-10H2,1-3H3;3-7,12-14,16H,8-11H2,1-2H3;11-13H,3-10H2,1-2H3;10-12,14H,6-9H2,1-5H3. The lowest BCUT2D eigenvalue weighted by Crippen LogP contribution is -2.47. The molecule has 5 heterocycles. The number of piperidine rings is 4. The normalized spacial score (nSPS) is 17.1. The van der Waals surface area contributed by atoms with Gasteiger partial charge in [0.1, 0.15) is 92.4 Å². The van der Waals surface area contributed by atoms with Crippen LogP contribution in [0.3, 0.4) is 0 Å². The largest absolute Gasteiger partial charge is 0.367 e. The van der Waals surface area contributed by atoms with Crippen LogP contribution in [0.25, 0.3) is 0 Å². The van der Waals surface area contributed by atoms with Crippen molar-refractivity contribution in [1.82, 2.24) is 0 Å². The van der Waals surface area contributed by atoms with Gasteiger partial charge >= 0.3 is 0 Å². The van der Waals surface area contributed by atoms with Crippen LogP contribution in [0.1, 0.15) is 260 Å². The molecule has 5 aliphatic heterocycles. The third kappa shape index (κ3) is 23.4. The molecule has 8 aromatic rings. The molecule has 5 saturated heterocycles. The van der Waals surface area contributed by atoms with Gasteiger partial charge in [0.2, 0.25) is 0 Å². The highest BCUT2D eigenvalue weighted by molar-refractivity contribution is 5.60. The molecule has 0 unspecified atom stereocenters. The van der Waals surface area contributed by atoms with E-state index in [1.807, 2.05) is 131 Å². The summed E-state index contributed by atoms with van der Waals surface area (Å²) in [6, 6.07) is 40.4. The van der Waals surface area contributed by atoms with E-state index < -0.39 is 58.2 Å². The van der Waals surface area contributed by atoms with E-state index in [1.54, 1.807) is 11.0 Å². The Hall–Kier alpha value is -8.21. The summed E-state index contributed by atoms with van der Waals surface area (Å²) in [6.07, 6.45) is 16.8. The van der Waals surface area contributed by atoms with Gasteiger partial charge in [-0.15, -0.1) is 0 Å². The van der Waals surface area contributed by atoms with E-state index >= 15 is 0 Å². The summed E-state index contributed by atoms with van der Waals surface area (Å²) in [7, 11) is 0. The Morgan fingerprint density at radius 2 is 0.629 bits per heavy atom. The third-order valence-corrected chi connectivity index (χ3v) is 25.4. The lowest BCUT2D eigenvalue weighted by molar-refractivity contribution is 0.198. The molecule has 8 aromatic carbocycles. The zero-order chi connectivity index (χ0) is 83.9. The summed E-state index contributed by atoms with van der Waals surface area (Å²) in [4.78, 5) is 11.2.